The van der Waals surface area contributed by atoms with E-state index in [2.05, 4.69) is 57.5 Å². The highest BCUT2D eigenvalue weighted by molar-refractivity contribution is 9.10. The average molecular weight is 443 g/mol. The minimum Gasteiger partial charge on any atom is -0.373 e. The highest BCUT2D eigenvalue weighted by Crippen LogP contribution is 2.27. The highest BCUT2D eigenvalue weighted by atomic mass is 79.9. The lowest BCUT2D eigenvalue weighted by Crippen LogP contribution is -2.36. The molecule has 2 N–H and O–H groups in total. The van der Waals surface area contributed by atoms with Crippen molar-refractivity contribution in [3.63, 3.8) is 0 Å². The van der Waals surface area contributed by atoms with E-state index in [1.165, 1.54) is 0 Å². The molecule has 0 aliphatic carbocycles. The number of benzene rings is 2. The first kappa shape index (κ1) is 20.1. The minimum atomic E-state index is -0.414. The van der Waals surface area contributed by atoms with E-state index in [0.717, 1.165) is 28.9 Å². The van der Waals surface area contributed by atoms with Gasteiger partial charge >= 0.3 is 0 Å². The van der Waals surface area contributed by atoms with Gasteiger partial charge in [0.05, 0.1) is 5.57 Å². The molecule has 0 radical (unpaired) electrons. The second kappa shape index (κ2) is 8.58. The largest absolute Gasteiger partial charge is 0.373 e. The topological polar surface area (TPSA) is 64.7 Å². The lowest BCUT2D eigenvalue weighted by molar-refractivity contribution is -0.114. The first-order valence-corrected chi connectivity index (χ1v) is 9.72. The van der Waals surface area contributed by atoms with Gasteiger partial charge in [-0.05, 0) is 56.6 Å². The van der Waals surface area contributed by atoms with Gasteiger partial charge in [-0.15, -0.1) is 0 Å². The molecule has 0 fully saturated rings. The van der Waals surface area contributed by atoms with Crippen LogP contribution in [0, 0.1) is 0 Å². The summed E-state index contributed by atoms with van der Waals surface area (Å²) in [6.07, 6.45) is 1.64. The van der Waals surface area contributed by atoms with Gasteiger partial charge in [-0.3, -0.25) is 14.9 Å². The number of anilines is 2. The van der Waals surface area contributed by atoms with Gasteiger partial charge in [0.1, 0.15) is 0 Å². The van der Waals surface area contributed by atoms with Crippen molar-refractivity contribution in [1.82, 2.24) is 10.2 Å². The zero-order valence-electron chi connectivity index (χ0n) is 16.1. The summed E-state index contributed by atoms with van der Waals surface area (Å²) in [4.78, 5) is 28.7. The third-order valence-corrected chi connectivity index (χ3v) is 5.06. The highest BCUT2D eigenvalue weighted by Gasteiger charge is 2.27. The van der Waals surface area contributed by atoms with Crippen LogP contribution in [0.4, 0.5) is 11.4 Å². The fourth-order valence-corrected chi connectivity index (χ4v) is 3.25. The van der Waals surface area contributed by atoms with E-state index < -0.39 is 5.91 Å². The van der Waals surface area contributed by atoms with Crippen LogP contribution in [0.25, 0.3) is 5.57 Å². The van der Waals surface area contributed by atoms with Crippen molar-refractivity contribution in [1.29, 1.82) is 0 Å². The molecule has 146 valence electrons. The molecule has 2 aromatic carbocycles. The molecule has 0 atom stereocenters. The average Bonchev–Trinajstić information content (AvgIpc) is 2.66. The van der Waals surface area contributed by atoms with E-state index in [1.54, 1.807) is 24.4 Å². The van der Waals surface area contributed by atoms with Crippen molar-refractivity contribution in [3.05, 3.63) is 64.3 Å². The number of imide groups is 1. The number of nitrogens with one attached hydrogen (secondary N) is 2. The minimum absolute atomic E-state index is 0.380. The van der Waals surface area contributed by atoms with Crippen LogP contribution in [0.2, 0.25) is 0 Å². The Morgan fingerprint density at radius 3 is 2.36 bits per heavy atom. The van der Waals surface area contributed by atoms with Gasteiger partial charge in [-0.2, -0.15) is 0 Å². The van der Waals surface area contributed by atoms with Gasteiger partial charge in [0, 0.05) is 53.3 Å². The van der Waals surface area contributed by atoms with Crippen molar-refractivity contribution in [2.75, 3.05) is 44.4 Å². The molecule has 0 spiro atoms. The fraction of sp³-hybridized carbons (Fsp3) is 0.238. The lowest BCUT2D eigenvalue weighted by Gasteiger charge is -2.22. The Balaban J connectivity index is 1.77. The van der Waals surface area contributed by atoms with Crippen LogP contribution in [0.5, 0.6) is 0 Å². The SMILES string of the molecule is CN(C)CCN(C)c1ccc(N/C=C2\C(=O)NC(=O)c3ccc(Br)cc32)cc1. The summed E-state index contributed by atoms with van der Waals surface area (Å²) in [5.41, 5.74) is 3.49. The van der Waals surface area contributed by atoms with Gasteiger partial charge in [-0.25, -0.2) is 0 Å². The van der Waals surface area contributed by atoms with Gasteiger partial charge in [0.15, 0.2) is 0 Å². The summed E-state index contributed by atoms with van der Waals surface area (Å²) in [5, 5.41) is 5.54. The molecule has 1 aliphatic heterocycles. The Morgan fingerprint density at radius 1 is 0.964 bits per heavy atom. The maximum atomic E-state index is 12.3. The van der Waals surface area contributed by atoms with Gasteiger partial charge in [-0.1, -0.05) is 15.9 Å². The molecular weight excluding hydrogens is 420 g/mol. The summed E-state index contributed by atoms with van der Waals surface area (Å²) in [6.45, 7) is 1.91. The number of hydrogen-bond donors (Lipinski definition) is 2. The van der Waals surface area contributed by atoms with Crippen LogP contribution in [0.15, 0.2) is 53.1 Å². The second-order valence-electron chi connectivity index (χ2n) is 6.95. The molecule has 6 nitrogen and oxygen atoms in total. The molecule has 2 aromatic rings. The molecule has 3 rings (SSSR count). The molecule has 7 heteroatoms. The van der Waals surface area contributed by atoms with Crippen LogP contribution in [0.1, 0.15) is 15.9 Å². The first-order valence-electron chi connectivity index (χ1n) is 8.93. The number of nitrogens with zero attached hydrogens (tertiary/aromatic N) is 2. The summed E-state index contributed by atoms with van der Waals surface area (Å²) in [6, 6.07) is 13.3. The third-order valence-electron chi connectivity index (χ3n) is 4.56. The van der Waals surface area contributed by atoms with Crippen LogP contribution < -0.4 is 15.5 Å². The second-order valence-corrected chi connectivity index (χ2v) is 7.86. The van der Waals surface area contributed by atoms with Crippen molar-refractivity contribution in [2.24, 2.45) is 0 Å². The standard InChI is InChI=1S/C21H23BrN4O2/c1-25(2)10-11-26(3)16-7-5-15(6-8-16)23-13-19-18-12-14(22)4-9-17(18)20(27)24-21(19)28/h4-9,12-13,23H,10-11H2,1-3H3,(H,24,27,28)/b19-13-. The Bertz CT molecular complexity index is 923. The fourth-order valence-electron chi connectivity index (χ4n) is 2.89. The molecule has 1 heterocycles. The van der Waals surface area contributed by atoms with Crippen LogP contribution in [0.3, 0.4) is 0 Å². The molecule has 2 amide bonds. The third kappa shape index (κ3) is 4.61. The van der Waals surface area contributed by atoms with Gasteiger partial charge in [0.2, 0.25) is 0 Å². The smallest absolute Gasteiger partial charge is 0.260 e. The maximum Gasteiger partial charge on any atom is 0.260 e. The molecular formula is C21H23BrN4O2. The summed E-state index contributed by atoms with van der Waals surface area (Å²) in [7, 11) is 6.17. The summed E-state index contributed by atoms with van der Waals surface area (Å²) >= 11 is 3.40. The van der Waals surface area contributed by atoms with Crippen molar-refractivity contribution in [2.45, 2.75) is 0 Å². The van der Waals surface area contributed by atoms with E-state index >= 15 is 0 Å². The van der Waals surface area contributed by atoms with E-state index in [9.17, 15) is 9.59 Å². The van der Waals surface area contributed by atoms with E-state index in [0.29, 0.717) is 16.7 Å². The molecule has 0 unspecified atom stereocenters. The number of carbonyl (C=O) groups is 2. The number of rotatable bonds is 6. The van der Waals surface area contributed by atoms with Crippen molar-refractivity contribution < 1.29 is 9.59 Å². The molecule has 1 aliphatic rings. The number of hydrogen-bond acceptors (Lipinski definition) is 5. The predicted octanol–water partition coefficient (Wildman–Crippen LogP) is 3.17. The maximum absolute atomic E-state index is 12.3. The number of fused-ring (bicyclic) bond motifs is 1. The normalized spacial score (nSPS) is 14.8. The Hall–Kier alpha value is -2.64. The number of halogens is 1. The number of carbonyl (C=O) groups excluding carboxylic acids is 2. The quantitative estimate of drug-likeness (QED) is 0.531. The first-order chi connectivity index (χ1) is 13.3. The number of likely N-dealkylation sites (N-methyl/N-ethyl adjacent to an activating group) is 2. The zero-order valence-corrected chi connectivity index (χ0v) is 17.7. The molecule has 0 saturated heterocycles. The Labute approximate surface area is 173 Å². The molecule has 28 heavy (non-hydrogen) atoms. The van der Waals surface area contributed by atoms with Gasteiger partial charge < -0.3 is 15.1 Å². The summed E-state index contributed by atoms with van der Waals surface area (Å²) in [5.74, 6) is -0.794. The van der Waals surface area contributed by atoms with Crippen molar-refractivity contribution in [3.8, 4) is 0 Å². The zero-order chi connectivity index (χ0) is 20.3. The van der Waals surface area contributed by atoms with E-state index in [4.69, 9.17) is 0 Å². The molecule has 0 saturated carbocycles. The van der Waals surface area contributed by atoms with Crippen LogP contribution in [-0.4, -0.2) is 50.9 Å². The van der Waals surface area contributed by atoms with Gasteiger partial charge in [0.25, 0.3) is 11.8 Å². The summed E-state index contributed by atoms with van der Waals surface area (Å²) < 4.78 is 0.810. The van der Waals surface area contributed by atoms with E-state index in [1.807, 2.05) is 24.3 Å². The predicted molar refractivity (Wildman–Crippen MR) is 116 cm³/mol. The monoisotopic (exact) mass is 442 g/mol. The Kier molecular flexibility index (Phi) is 6.16. The lowest BCUT2D eigenvalue weighted by atomic mass is 9.95. The van der Waals surface area contributed by atoms with Crippen LogP contribution >= 0.6 is 15.9 Å². The van der Waals surface area contributed by atoms with Crippen molar-refractivity contribution >= 4 is 44.7 Å². The molecule has 0 bridgehead atoms. The molecule has 0 aromatic heterocycles. The number of amides is 2. The Morgan fingerprint density at radius 2 is 1.68 bits per heavy atom. The van der Waals surface area contributed by atoms with Crippen LogP contribution in [-0.2, 0) is 4.79 Å². The van der Waals surface area contributed by atoms with E-state index in [-0.39, 0.29) is 5.91 Å².